The number of piperazine rings is 2. The lowest BCUT2D eigenvalue weighted by atomic mass is 9.78. The van der Waals surface area contributed by atoms with Crippen molar-refractivity contribution in [3.63, 3.8) is 0 Å². The second kappa shape index (κ2) is 24.5. The van der Waals surface area contributed by atoms with E-state index < -0.39 is 116 Å². The number of fused-ring (bicyclic) bond motifs is 15. The Hall–Kier alpha value is -8.13. The molecule has 456 valence electrons. The minimum absolute atomic E-state index is 0.0432. The molecule has 5 bridgehead atoms. The third-order valence-corrected chi connectivity index (χ3v) is 17.1. The number of hydrogen-bond acceptors (Lipinski definition) is 21. The highest BCUT2D eigenvalue weighted by atomic mass is 16.7. The van der Waals surface area contributed by atoms with E-state index in [1.807, 2.05) is 31.2 Å². The van der Waals surface area contributed by atoms with Gasteiger partial charge in [0.1, 0.15) is 47.6 Å². The van der Waals surface area contributed by atoms with Crippen molar-refractivity contribution in [3.8, 4) is 23.3 Å². The molecule has 2 saturated heterocycles. The topological polar surface area (TPSA) is 304 Å². The van der Waals surface area contributed by atoms with Crippen molar-refractivity contribution in [2.75, 3.05) is 77.5 Å². The van der Waals surface area contributed by atoms with Crippen LogP contribution in [0.15, 0.2) is 78.0 Å². The zero-order valence-corrected chi connectivity index (χ0v) is 49.4. The molecule has 6 aliphatic heterocycles. The van der Waals surface area contributed by atoms with Crippen molar-refractivity contribution in [1.29, 1.82) is 0 Å². The first-order valence-electron chi connectivity index (χ1n) is 28.4. The number of aromatic hydroxyl groups is 1. The van der Waals surface area contributed by atoms with Gasteiger partial charge in [-0.25, -0.2) is 0 Å². The van der Waals surface area contributed by atoms with Crippen molar-refractivity contribution < 1.29 is 77.4 Å². The molecule has 2 amide bonds. The Morgan fingerprint density at radius 2 is 1.53 bits per heavy atom. The van der Waals surface area contributed by atoms with Gasteiger partial charge in [-0.2, -0.15) is 0 Å². The summed E-state index contributed by atoms with van der Waals surface area (Å²) in [6.45, 7) is 17.6. The SMILES string of the molecule is CO[C@H]1C=CO[C@@]2(C)Oc3c(C)c(O)c4c(c3C2=O)C(=O)C(N2CCN(C(=O)CN3CCN(c5ccc(OCC6(C)Cn7cc([N+](=O)[O-])nc7O6)cc5)CC3)CC2)=C(NC(=O)C(C)=CC=C[C@H](C)[C@H](O)[C@@H](C)[C@@H](O)[C@@H](C)[C@H](OC(C)=O)[C@@H]1C)C4=O. The summed E-state index contributed by atoms with van der Waals surface area (Å²) in [5, 5.41) is 48.7. The Bertz CT molecular complexity index is 3260. The number of aromatic nitrogens is 2. The van der Waals surface area contributed by atoms with Crippen molar-refractivity contribution in [2.45, 2.75) is 105 Å². The molecule has 0 saturated carbocycles. The van der Waals surface area contributed by atoms with Crippen LogP contribution in [0.2, 0.25) is 0 Å². The molecule has 0 radical (unpaired) electrons. The molecule has 7 heterocycles. The molecule has 25 nitrogen and oxygen atoms in total. The Balaban J connectivity index is 0.909. The Kier molecular flexibility index (Phi) is 17.7. The van der Waals surface area contributed by atoms with Gasteiger partial charge < -0.3 is 73.9 Å². The number of esters is 1. The Labute approximate surface area is 491 Å². The summed E-state index contributed by atoms with van der Waals surface area (Å²) in [7, 11) is 1.41. The Morgan fingerprint density at radius 3 is 2.16 bits per heavy atom. The maximum absolute atomic E-state index is 15.3. The third-order valence-electron chi connectivity index (χ3n) is 17.1. The van der Waals surface area contributed by atoms with Crippen LogP contribution in [0.4, 0.5) is 11.5 Å². The first-order chi connectivity index (χ1) is 40.2. The smallest absolute Gasteiger partial charge is 0.415 e. The predicted molar refractivity (Wildman–Crippen MR) is 305 cm³/mol. The number of rotatable bonds is 10. The number of phenolic OH excluding ortho intramolecular Hbond substituents is 1. The van der Waals surface area contributed by atoms with Crippen LogP contribution in [-0.4, -0.2) is 188 Å². The summed E-state index contributed by atoms with van der Waals surface area (Å²) >= 11 is 0. The van der Waals surface area contributed by atoms with E-state index in [4.69, 9.17) is 28.4 Å². The van der Waals surface area contributed by atoms with Crippen molar-refractivity contribution in [2.24, 2.45) is 23.7 Å². The summed E-state index contributed by atoms with van der Waals surface area (Å²) in [5.74, 6) is -9.56. The number of aliphatic hydroxyl groups is 2. The fraction of sp³-hybridized carbons (Fsp3) is 0.517. The second-order valence-electron chi connectivity index (χ2n) is 23.2. The fourth-order valence-corrected chi connectivity index (χ4v) is 12.0. The van der Waals surface area contributed by atoms with Gasteiger partial charge in [0, 0.05) is 119 Å². The molecule has 1 unspecified atom stereocenters. The number of benzene rings is 2. The number of amides is 2. The van der Waals surface area contributed by atoms with Gasteiger partial charge in [-0.05, 0) is 56.0 Å². The molecule has 3 aromatic rings. The monoisotopic (exact) mass is 1180 g/mol. The molecule has 0 spiro atoms. The van der Waals surface area contributed by atoms with E-state index in [1.54, 1.807) is 54.2 Å². The van der Waals surface area contributed by atoms with Crippen LogP contribution in [-0.2, 0) is 35.1 Å². The number of allylic oxidation sites excluding steroid dienone is 4. The Morgan fingerprint density at radius 1 is 0.859 bits per heavy atom. The third kappa shape index (κ3) is 12.2. The summed E-state index contributed by atoms with van der Waals surface area (Å²) in [5.41, 5.74) is -1.71. The number of ether oxygens (including phenoxy) is 6. The zero-order valence-electron chi connectivity index (χ0n) is 49.4. The van der Waals surface area contributed by atoms with Gasteiger partial charge in [0.05, 0.1) is 54.4 Å². The number of nitrogens with one attached hydrogen (secondary N) is 1. The minimum atomic E-state index is -2.16. The minimum Gasteiger partial charge on any atom is -0.507 e. The number of anilines is 1. The van der Waals surface area contributed by atoms with Crippen LogP contribution in [0, 0.1) is 40.7 Å². The number of Topliss-reactive ketones (excluding diaryl/α,β-unsaturated/α-hetero) is 3. The molecule has 4 N–H and O–H groups in total. The number of hydrogen-bond donors (Lipinski definition) is 4. The van der Waals surface area contributed by atoms with Crippen LogP contribution < -0.4 is 24.4 Å². The number of carbonyl (C=O) groups excluding carboxylic acids is 6. The first-order valence-corrected chi connectivity index (χ1v) is 28.4. The fourth-order valence-electron chi connectivity index (χ4n) is 12.0. The number of imidazole rings is 1. The zero-order chi connectivity index (χ0) is 61.6. The average molecular weight is 1180 g/mol. The lowest BCUT2D eigenvalue weighted by molar-refractivity contribution is -0.389. The number of nitro groups is 1. The van der Waals surface area contributed by atoms with Gasteiger partial charge in [0.25, 0.3) is 11.7 Å². The maximum atomic E-state index is 15.3. The van der Waals surface area contributed by atoms with E-state index in [2.05, 4.69) is 20.1 Å². The van der Waals surface area contributed by atoms with Gasteiger partial charge in [-0.15, -0.1) is 0 Å². The molecular weight excluding hydrogens is 1100 g/mol. The van der Waals surface area contributed by atoms with Crippen LogP contribution in [0.1, 0.15) is 92.0 Å². The van der Waals surface area contributed by atoms with Crippen LogP contribution >= 0.6 is 0 Å². The summed E-state index contributed by atoms with van der Waals surface area (Å²) < 4.78 is 37.3. The molecule has 2 aromatic carbocycles. The van der Waals surface area contributed by atoms with E-state index in [1.165, 1.54) is 53.2 Å². The largest absolute Gasteiger partial charge is 0.507 e. The molecule has 85 heavy (non-hydrogen) atoms. The highest BCUT2D eigenvalue weighted by Crippen LogP contribution is 2.49. The number of ketones is 3. The van der Waals surface area contributed by atoms with E-state index in [0.29, 0.717) is 38.5 Å². The van der Waals surface area contributed by atoms with E-state index >= 15 is 4.79 Å². The molecule has 7 aliphatic rings. The van der Waals surface area contributed by atoms with Gasteiger partial charge >= 0.3 is 23.6 Å². The van der Waals surface area contributed by atoms with E-state index in [9.17, 15) is 49.4 Å². The molecular formula is C60H74N8O17. The summed E-state index contributed by atoms with van der Waals surface area (Å²) in [6, 6.07) is 7.80. The lowest BCUT2D eigenvalue weighted by Crippen LogP contribution is -2.54. The van der Waals surface area contributed by atoms with Crippen LogP contribution in [0.25, 0.3) is 0 Å². The maximum Gasteiger partial charge on any atom is 0.415 e. The average Bonchev–Trinajstić information content (AvgIpc) is 1.77. The standard InChI is InChI=1S/C60H74N8O17/c1-32-12-11-13-33(2)57(77)62-47-48(66-25-23-65(24-26-66)43(70)29-63-19-21-64(22-20-63)39-14-16-40(17-15-39)81-31-59(8)30-67-28-42(68(78)79)61-58(67)85-59)53(75)44-45(52(47)74)51(73)37(6)55-46(44)56(76)60(9,84-55)82-27-18-41(80-10)34(3)54(83-38(7)69)36(5)50(72)35(4)49(32)71/h11-18,27-28,32,34-36,41,49-50,54,71-73H,19-26,29-31H2,1-10H3,(H,62,77)/t32-,34+,35+,36+,41-,49-,50+,54+,59?,60-/m0/s1. The van der Waals surface area contributed by atoms with Crippen LogP contribution in [0.5, 0.6) is 23.3 Å². The lowest BCUT2D eigenvalue weighted by Gasteiger charge is -2.40. The van der Waals surface area contributed by atoms with Gasteiger partial charge in [0.15, 0.2) is 5.60 Å². The van der Waals surface area contributed by atoms with Gasteiger partial charge in [-0.1, -0.05) is 45.9 Å². The quantitative estimate of drug-likeness (QED) is 0.125. The van der Waals surface area contributed by atoms with Crippen molar-refractivity contribution in [3.05, 3.63) is 110 Å². The highest BCUT2D eigenvalue weighted by molar-refractivity contribution is 6.32. The van der Waals surface area contributed by atoms with Crippen molar-refractivity contribution >= 4 is 46.6 Å². The number of aliphatic hydroxyl groups excluding tert-OH is 2. The van der Waals surface area contributed by atoms with Crippen LogP contribution in [0.3, 0.4) is 0 Å². The van der Waals surface area contributed by atoms with E-state index in [0.717, 1.165) is 11.9 Å². The summed E-state index contributed by atoms with van der Waals surface area (Å²) in [6.07, 6.45) is 4.51. The molecule has 2 fully saturated rings. The normalized spacial score (nSPS) is 28.6. The van der Waals surface area contributed by atoms with E-state index in [-0.39, 0.29) is 85.2 Å². The number of nitrogens with zero attached hydrogens (tertiary/aromatic N) is 7. The molecule has 25 heteroatoms. The molecule has 1 aliphatic carbocycles. The number of methoxy groups -OCH3 is 1. The van der Waals surface area contributed by atoms with Gasteiger partial charge in [-0.3, -0.25) is 38.2 Å². The molecule has 10 atom stereocenters. The number of carbonyl (C=O) groups is 6. The van der Waals surface area contributed by atoms with Gasteiger partial charge in [0.2, 0.25) is 17.5 Å². The summed E-state index contributed by atoms with van der Waals surface area (Å²) in [4.78, 5) is 108. The second-order valence-corrected chi connectivity index (χ2v) is 23.2. The highest BCUT2D eigenvalue weighted by Gasteiger charge is 2.53. The molecule has 1 aromatic heterocycles. The number of phenols is 1. The predicted octanol–water partition coefficient (Wildman–Crippen LogP) is 4.26. The first kappa shape index (κ1) is 61.4. The molecule has 10 rings (SSSR count). The van der Waals surface area contributed by atoms with Crippen molar-refractivity contribution in [1.82, 2.24) is 29.6 Å².